The number of para-hydroxylation sites is 2. The largest absolute Gasteiger partial charge is 0.323 e. The molecule has 2 aromatic carbocycles. The van der Waals surface area contributed by atoms with Crippen LogP contribution in [0.25, 0.3) is 11.0 Å². The summed E-state index contributed by atoms with van der Waals surface area (Å²) in [5.41, 5.74) is 2.28. The van der Waals surface area contributed by atoms with Gasteiger partial charge in [0.1, 0.15) is 6.54 Å². The van der Waals surface area contributed by atoms with E-state index in [0.717, 1.165) is 9.87 Å². The first-order valence-electron chi connectivity index (χ1n) is 8.56. The zero-order chi connectivity index (χ0) is 19.7. The molecule has 0 saturated heterocycles. The number of aromatic amines is 1. The van der Waals surface area contributed by atoms with Gasteiger partial charge in [0.05, 0.1) is 20.8 Å². The molecule has 0 unspecified atom stereocenters. The Morgan fingerprint density at radius 1 is 1.07 bits per heavy atom. The molecule has 0 amide bonds. The molecule has 28 heavy (non-hydrogen) atoms. The summed E-state index contributed by atoms with van der Waals surface area (Å²) in [5, 5.41) is 1.78. The van der Waals surface area contributed by atoms with Crippen LogP contribution in [0, 0.1) is 6.92 Å². The molecule has 2 heterocycles. The minimum absolute atomic E-state index is 0.109. The number of nitrogens with one attached hydrogen (secondary N) is 1. The Hall–Kier alpha value is -2.97. The van der Waals surface area contributed by atoms with Crippen molar-refractivity contribution in [2.75, 3.05) is 10.8 Å². The Bertz CT molecular complexity index is 1190. The summed E-state index contributed by atoms with van der Waals surface area (Å²) in [6.07, 6.45) is 0. The average molecular weight is 412 g/mol. The summed E-state index contributed by atoms with van der Waals surface area (Å²) in [4.78, 5) is 20.7. The van der Waals surface area contributed by atoms with E-state index in [2.05, 4.69) is 9.97 Å². The van der Waals surface area contributed by atoms with Crippen molar-refractivity contribution < 1.29 is 13.2 Å². The van der Waals surface area contributed by atoms with Gasteiger partial charge in [-0.3, -0.25) is 4.79 Å². The Morgan fingerprint density at radius 3 is 2.50 bits per heavy atom. The number of benzene rings is 2. The zero-order valence-electron chi connectivity index (χ0n) is 15.0. The summed E-state index contributed by atoms with van der Waals surface area (Å²) >= 11 is 1.28. The second-order valence-electron chi connectivity index (χ2n) is 6.30. The van der Waals surface area contributed by atoms with Crippen molar-refractivity contribution in [1.29, 1.82) is 0 Å². The van der Waals surface area contributed by atoms with Crippen molar-refractivity contribution in [2.24, 2.45) is 0 Å². The van der Waals surface area contributed by atoms with Gasteiger partial charge in [0.15, 0.2) is 5.78 Å². The predicted molar refractivity (Wildman–Crippen MR) is 110 cm³/mol. The van der Waals surface area contributed by atoms with Gasteiger partial charge in [0.25, 0.3) is 10.0 Å². The van der Waals surface area contributed by atoms with Gasteiger partial charge in [-0.1, -0.05) is 35.9 Å². The number of carbonyl (C=O) groups is 1. The molecule has 0 saturated carbocycles. The number of aryl methyl sites for hydroxylation is 1. The number of imidazole rings is 1. The highest BCUT2D eigenvalue weighted by Gasteiger charge is 2.30. The van der Waals surface area contributed by atoms with Crippen LogP contribution in [0.4, 0.5) is 5.95 Å². The lowest BCUT2D eigenvalue weighted by molar-refractivity contribution is 0.101. The first-order chi connectivity index (χ1) is 13.4. The number of hydrogen-bond donors (Lipinski definition) is 1. The number of hydrogen-bond acceptors (Lipinski definition) is 5. The van der Waals surface area contributed by atoms with E-state index in [1.165, 1.54) is 23.5 Å². The van der Waals surface area contributed by atoms with E-state index in [4.69, 9.17) is 0 Å². The molecule has 0 aliphatic heterocycles. The van der Waals surface area contributed by atoms with E-state index >= 15 is 0 Å². The third kappa shape index (κ3) is 3.44. The number of rotatable bonds is 6. The summed E-state index contributed by atoms with van der Waals surface area (Å²) in [5.74, 6) is -0.169. The van der Waals surface area contributed by atoms with Gasteiger partial charge in [0.2, 0.25) is 5.95 Å². The number of carbonyl (C=O) groups excluding carboxylic acids is 1. The maximum atomic E-state index is 13.3. The van der Waals surface area contributed by atoms with Gasteiger partial charge in [0, 0.05) is 0 Å². The predicted octanol–water partition coefficient (Wildman–Crippen LogP) is 4.01. The van der Waals surface area contributed by atoms with Crippen LogP contribution in [0.15, 0.2) is 70.9 Å². The van der Waals surface area contributed by atoms with Crippen LogP contribution in [-0.4, -0.2) is 30.7 Å². The fraction of sp³-hybridized carbons (Fsp3) is 0.100. The second kappa shape index (κ2) is 7.21. The van der Waals surface area contributed by atoms with Crippen LogP contribution in [0.1, 0.15) is 15.2 Å². The van der Waals surface area contributed by atoms with Crippen LogP contribution >= 0.6 is 11.3 Å². The Kier molecular flexibility index (Phi) is 4.74. The Balaban J connectivity index is 1.80. The fourth-order valence-corrected chi connectivity index (χ4v) is 4.81. The fourth-order valence-electron chi connectivity index (χ4n) is 2.81. The Labute approximate surface area is 166 Å². The number of aromatic nitrogens is 2. The van der Waals surface area contributed by atoms with Crippen molar-refractivity contribution >= 4 is 44.1 Å². The third-order valence-corrected chi connectivity index (χ3v) is 6.97. The number of anilines is 1. The number of ketones is 1. The van der Waals surface area contributed by atoms with Gasteiger partial charge in [-0.2, -0.15) is 0 Å². The van der Waals surface area contributed by atoms with Crippen molar-refractivity contribution in [3.8, 4) is 0 Å². The molecule has 0 spiro atoms. The van der Waals surface area contributed by atoms with Crippen LogP contribution in [0.5, 0.6) is 0 Å². The molecule has 0 atom stereocenters. The van der Waals surface area contributed by atoms with Gasteiger partial charge < -0.3 is 4.98 Å². The SMILES string of the molecule is Cc1ccc(S(=O)(=O)N(CC(=O)c2cccs2)c2nc3ccccc3[nH]2)cc1. The number of H-pyrrole nitrogens is 1. The van der Waals surface area contributed by atoms with Gasteiger partial charge in [-0.25, -0.2) is 17.7 Å². The lowest BCUT2D eigenvalue weighted by Crippen LogP contribution is -2.36. The monoisotopic (exact) mass is 411 g/mol. The summed E-state index contributed by atoms with van der Waals surface area (Å²) < 4.78 is 27.7. The molecule has 2 aromatic heterocycles. The molecule has 6 nitrogen and oxygen atoms in total. The minimum atomic E-state index is -3.98. The van der Waals surface area contributed by atoms with Crippen LogP contribution in [-0.2, 0) is 10.0 Å². The maximum Gasteiger partial charge on any atom is 0.267 e. The zero-order valence-corrected chi connectivity index (χ0v) is 16.6. The smallest absolute Gasteiger partial charge is 0.267 e. The summed E-state index contributed by atoms with van der Waals surface area (Å²) in [6, 6.07) is 17.2. The first-order valence-corrected chi connectivity index (χ1v) is 10.9. The summed E-state index contributed by atoms with van der Waals surface area (Å²) in [7, 11) is -3.98. The van der Waals surface area contributed by atoms with E-state index < -0.39 is 10.0 Å². The molecular formula is C20H17N3O3S2. The van der Waals surface area contributed by atoms with E-state index in [1.54, 1.807) is 35.7 Å². The van der Waals surface area contributed by atoms with E-state index in [-0.39, 0.29) is 23.2 Å². The highest BCUT2D eigenvalue weighted by atomic mass is 32.2. The number of thiophene rings is 1. The molecule has 0 aliphatic carbocycles. The third-order valence-electron chi connectivity index (χ3n) is 4.31. The van der Waals surface area contributed by atoms with Crippen molar-refractivity contribution in [3.63, 3.8) is 0 Å². The minimum Gasteiger partial charge on any atom is -0.323 e. The molecule has 0 bridgehead atoms. The van der Waals surface area contributed by atoms with E-state index in [1.807, 2.05) is 25.1 Å². The maximum absolute atomic E-state index is 13.3. The number of fused-ring (bicyclic) bond motifs is 1. The van der Waals surface area contributed by atoms with E-state index in [9.17, 15) is 13.2 Å². The number of nitrogens with zero attached hydrogens (tertiary/aromatic N) is 2. The Morgan fingerprint density at radius 2 is 1.82 bits per heavy atom. The molecule has 4 rings (SSSR count). The van der Waals surface area contributed by atoms with Crippen LogP contribution in [0.3, 0.4) is 0 Å². The summed E-state index contributed by atoms with van der Waals surface area (Å²) in [6.45, 7) is 1.55. The van der Waals surface area contributed by atoms with Crippen LogP contribution < -0.4 is 4.31 Å². The lowest BCUT2D eigenvalue weighted by Gasteiger charge is -2.21. The standard InChI is InChI=1S/C20H17N3O3S2/c1-14-8-10-15(11-9-14)28(25,26)23(13-18(24)19-7-4-12-27-19)20-21-16-5-2-3-6-17(16)22-20/h2-12H,13H2,1H3,(H,21,22). The van der Waals surface area contributed by atoms with Crippen LogP contribution in [0.2, 0.25) is 0 Å². The average Bonchev–Trinajstić information content (AvgIpc) is 3.35. The molecule has 1 N–H and O–H groups in total. The van der Waals surface area contributed by atoms with Crippen molar-refractivity contribution in [1.82, 2.24) is 9.97 Å². The first kappa shape index (κ1) is 18.4. The van der Waals surface area contributed by atoms with Gasteiger partial charge >= 0.3 is 0 Å². The molecular weight excluding hydrogens is 394 g/mol. The topological polar surface area (TPSA) is 83.1 Å². The van der Waals surface area contributed by atoms with E-state index in [0.29, 0.717) is 15.9 Å². The van der Waals surface area contributed by atoms with Crippen molar-refractivity contribution in [3.05, 3.63) is 76.5 Å². The van der Waals surface area contributed by atoms with Crippen molar-refractivity contribution in [2.45, 2.75) is 11.8 Å². The highest BCUT2D eigenvalue weighted by Crippen LogP contribution is 2.25. The molecule has 4 aromatic rings. The molecule has 142 valence electrons. The van der Waals surface area contributed by atoms with Gasteiger partial charge in [-0.05, 0) is 42.6 Å². The normalized spacial score (nSPS) is 11.6. The molecule has 0 aliphatic rings. The quantitative estimate of drug-likeness (QED) is 0.486. The molecule has 0 radical (unpaired) electrons. The van der Waals surface area contributed by atoms with Gasteiger partial charge in [-0.15, -0.1) is 11.3 Å². The molecule has 8 heteroatoms. The number of Topliss-reactive ketones (excluding diaryl/α,β-unsaturated/α-hetero) is 1. The lowest BCUT2D eigenvalue weighted by atomic mass is 10.2. The highest BCUT2D eigenvalue weighted by molar-refractivity contribution is 7.92. The number of sulfonamides is 1. The molecule has 0 fully saturated rings. The second-order valence-corrected chi connectivity index (χ2v) is 9.11.